The average Bonchev–Trinajstić information content (AvgIpc) is 3.12. The zero-order chi connectivity index (χ0) is 20.5. The van der Waals surface area contributed by atoms with E-state index < -0.39 is 5.97 Å². The fourth-order valence-corrected chi connectivity index (χ4v) is 3.77. The molecule has 4 rings (SSSR count). The van der Waals surface area contributed by atoms with Crippen molar-refractivity contribution in [1.29, 1.82) is 0 Å². The van der Waals surface area contributed by atoms with E-state index in [1.165, 1.54) is 5.69 Å². The van der Waals surface area contributed by atoms with Gasteiger partial charge in [0.1, 0.15) is 11.9 Å². The molecule has 7 nitrogen and oxygen atoms in total. The van der Waals surface area contributed by atoms with Crippen LogP contribution in [0, 0.1) is 0 Å². The number of aromatic nitrogens is 2. The fraction of sp³-hybridized carbons (Fsp3) is 0.364. The molecule has 0 aliphatic carbocycles. The van der Waals surface area contributed by atoms with E-state index in [1.807, 2.05) is 23.6 Å². The molecule has 1 aliphatic heterocycles. The molecule has 0 spiro atoms. The van der Waals surface area contributed by atoms with Gasteiger partial charge in [0.2, 0.25) is 0 Å². The maximum atomic E-state index is 11.3. The first kappa shape index (κ1) is 19.4. The summed E-state index contributed by atoms with van der Waals surface area (Å²) in [7, 11) is 3.78. The number of benzene rings is 2. The van der Waals surface area contributed by atoms with Crippen molar-refractivity contribution in [1.82, 2.24) is 14.5 Å². The zero-order valence-electron chi connectivity index (χ0n) is 17.0. The predicted molar refractivity (Wildman–Crippen MR) is 111 cm³/mol. The van der Waals surface area contributed by atoms with E-state index in [9.17, 15) is 9.90 Å². The predicted octanol–water partition coefficient (Wildman–Crippen LogP) is 1.85. The van der Waals surface area contributed by atoms with Gasteiger partial charge in [0.15, 0.2) is 0 Å². The van der Waals surface area contributed by atoms with Crippen molar-refractivity contribution in [3.8, 4) is 5.69 Å². The van der Waals surface area contributed by atoms with Crippen LogP contribution in [0.1, 0.15) is 29.2 Å². The summed E-state index contributed by atoms with van der Waals surface area (Å²) in [5.41, 5.74) is 3.70. The summed E-state index contributed by atoms with van der Waals surface area (Å²) in [6.45, 7) is 5.98. The Labute approximate surface area is 170 Å². The number of fused-ring (bicyclic) bond motifs is 1. The zero-order valence-corrected chi connectivity index (χ0v) is 17.0. The van der Waals surface area contributed by atoms with Gasteiger partial charge in [0.05, 0.1) is 17.0 Å². The van der Waals surface area contributed by atoms with Crippen LogP contribution in [-0.2, 0) is 4.74 Å². The second kappa shape index (κ2) is 7.85. The van der Waals surface area contributed by atoms with Crippen LogP contribution < -0.4 is 10.0 Å². The Hall–Kier alpha value is -2.90. The molecule has 29 heavy (non-hydrogen) atoms. The fourth-order valence-electron chi connectivity index (χ4n) is 3.77. The van der Waals surface area contributed by atoms with Crippen molar-refractivity contribution in [3.05, 3.63) is 53.9 Å². The molecule has 0 saturated carbocycles. The van der Waals surface area contributed by atoms with E-state index in [2.05, 4.69) is 34.0 Å². The summed E-state index contributed by atoms with van der Waals surface area (Å²) in [4.78, 5) is 20.7. The number of likely N-dealkylation sites (N-methyl/N-ethyl adjacent to an activating group) is 1. The Kier molecular flexibility index (Phi) is 5.25. The van der Waals surface area contributed by atoms with Crippen LogP contribution >= 0.6 is 0 Å². The van der Waals surface area contributed by atoms with Gasteiger partial charge < -0.3 is 24.4 Å². The molecule has 2 heterocycles. The van der Waals surface area contributed by atoms with Gasteiger partial charge in [0.25, 0.3) is 0 Å². The van der Waals surface area contributed by atoms with E-state index in [1.54, 1.807) is 25.3 Å². The normalized spacial score (nSPS) is 16.3. The monoisotopic (exact) mass is 393 g/mol. The van der Waals surface area contributed by atoms with Gasteiger partial charge in [-0.15, -0.1) is 0 Å². The molecule has 1 saturated heterocycles. The summed E-state index contributed by atoms with van der Waals surface area (Å²) in [5, 5.41) is 11.3. The third-order valence-electron chi connectivity index (χ3n) is 5.59. The lowest BCUT2D eigenvalue weighted by molar-refractivity contribution is -0.255. The minimum atomic E-state index is -1.21. The first-order valence-corrected chi connectivity index (χ1v) is 9.78. The lowest BCUT2D eigenvalue weighted by Crippen LogP contribution is -2.44. The van der Waals surface area contributed by atoms with Crippen molar-refractivity contribution < 1.29 is 14.6 Å². The summed E-state index contributed by atoms with van der Waals surface area (Å²) in [6, 6.07) is 13.3. The third-order valence-corrected chi connectivity index (χ3v) is 5.59. The number of nitrogens with zero attached hydrogens (tertiary/aromatic N) is 4. The molecule has 1 atom stereocenters. The molecular formula is C22H25N4O3-. The van der Waals surface area contributed by atoms with Gasteiger partial charge in [-0.05, 0) is 49.9 Å². The van der Waals surface area contributed by atoms with Gasteiger partial charge in [-0.3, -0.25) is 4.57 Å². The van der Waals surface area contributed by atoms with Crippen molar-refractivity contribution >= 4 is 22.7 Å². The van der Waals surface area contributed by atoms with E-state index in [4.69, 9.17) is 4.74 Å². The Bertz CT molecular complexity index is 1040. The molecule has 3 aromatic rings. The van der Waals surface area contributed by atoms with Crippen LogP contribution in [0.3, 0.4) is 0 Å². The van der Waals surface area contributed by atoms with E-state index >= 15 is 0 Å². The Balaban J connectivity index is 1.82. The number of imidazole rings is 1. The number of anilines is 1. The third kappa shape index (κ3) is 3.71. The van der Waals surface area contributed by atoms with Crippen LogP contribution in [0.4, 0.5) is 5.69 Å². The maximum absolute atomic E-state index is 11.3. The molecule has 0 radical (unpaired) electrons. The highest BCUT2D eigenvalue weighted by Crippen LogP contribution is 2.29. The topological polar surface area (TPSA) is 73.7 Å². The number of carbonyl (C=O) groups is 1. The van der Waals surface area contributed by atoms with Crippen LogP contribution in [-0.4, -0.2) is 60.8 Å². The number of piperazine rings is 1. The molecule has 0 N–H and O–H groups in total. The number of carboxylic acids is 1. The SMILES string of the molecule is COC(C)c1nc2cc(C(=O)[O-])ccc2n1-c1cccc(N2CCN(C)CC2)c1. The molecule has 0 amide bonds. The summed E-state index contributed by atoms with van der Waals surface area (Å²) in [6.07, 6.45) is -0.249. The number of methoxy groups -OCH3 is 1. The number of carbonyl (C=O) groups excluding carboxylic acids is 1. The smallest absolute Gasteiger partial charge is 0.143 e. The summed E-state index contributed by atoms with van der Waals surface area (Å²) < 4.78 is 7.58. The van der Waals surface area contributed by atoms with Crippen LogP contribution in [0.25, 0.3) is 16.7 Å². The molecule has 7 heteroatoms. The maximum Gasteiger partial charge on any atom is 0.143 e. The summed E-state index contributed by atoms with van der Waals surface area (Å²) in [5.74, 6) is -0.478. The van der Waals surface area contributed by atoms with Gasteiger partial charge >= 0.3 is 0 Å². The van der Waals surface area contributed by atoms with Crippen LogP contribution in [0.15, 0.2) is 42.5 Å². The molecule has 1 unspecified atom stereocenters. The number of aromatic carboxylic acids is 1. The minimum Gasteiger partial charge on any atom is -0.545 e. The highest BCUT2D eigenvalue weighted by Gasteiger charge is 2.20. The highest BCUT2D eigenvalue weighted by molar-refractivity contribution is 5.91. The number of ether oxygens (including phenoxy) is 1. The van der Waals surface area contributed by atoms with Crippen molar-refractivity contribution in [2.24, 2.45) is 0 Å². The molecule has 0 bridgehead atoms. The molecule has 1 aromatic heterocycles. The largest absolute Gasteiger partial charge is 0.545 e. The van der Waals surface area contributed by atoms with Gasteiger partial charge in [0, 0.05) is 44.7 Å². The lowest BCUT2D eigenvalue weighted by atomic mass is 10.2. The molecule has 152 valence electrons. The van der Waals surface area contributed by atoms with Crippen molar-refractivity contribution in [2.75, 3.05) is 45.2 Å². The van der Waals surface area contributed by atoms with Crippen LogP contribution in [0.2, 0.25) is 0 Å². The average molecular weight is 393 g/mol. The Morgan fingerprint density at radius 1 is 1.10 bits per heavy atom. The number of hydrogen-bond acceptors (Lipinski definition) is 6. The lowest BCUT2D eigenvalue weighted by Gasteiger charge is -2.34. The van der Waals surface area contributed by atoms with Crippen LogP contribution in [0.5, 0.6) is 0 Å². The van der Waals surface area contributed by atoms with Gasteiger partial charge in [-0.1, -0.05) is 12.1 Å². The standard InChI is InChI=1S/C22H26N4O3/c1-15(29-3)21-23-19-13-16(22(27)28)7-8-20(19)26(21)18-6-4-5-17(14-18)25-11-9-24(2)10-12-25/h4-8,13-15H,9-12H2,1-3H3,(H,27,28)/p-1. The summed E-state index contributed by atoms with van der Waals surface area (Å²) >= 11 is 0. The van der Waals surface area contributed by atoms with Gasteiger partial charge in [-0.2, -0.15) is 0 Å². The van der Waals surface area contributed by atoms with E-state index in [0.29, 0.717) is 5.52 Å². The van der Waals surface area contributed by atoms with E-state index in [-0.39, 0.29) is 11.7 Å². The van der Waals surface area contributed by atoms with Crippen molar-refractivity contribution in [3.63, 3.8) is 0 Å². The highest BCUT2D eigenvalue weighted by atomic mass is 16.5. The second-order valence-corrected chi connectivity index (χ2v) is 7.48. The Morgan fingerprint density at radius 2 is 1.83 bits per heavy atom. The second-order valence-electron chi connectivity index (χ2n) is 7.48. The Morgan fingerprint density at radius 3 is 2.52 bits per heavy atom. The number of rotatable bonds is 5. The quantitative estimate of drug-likeness (QED) is 0.659. The first-order valence-electron chi connectivity index (χ1n) is 9.78. The molecule has 1 fully saturated rings. The van der Waals surface area contributed by atoms with Crippen molar-refractivity contribution in [2.45, 2.75) is 13.0 Å². The molecule has 2 aromatic carbocycles. The first-order chi connectivity index (χ1) is 14.0. The number of hydrogen-bond donors (Lipinski definition) is 0. The van der Waals surface area contributed by atoms with Gasteiger partial charge in [-0.25, -0.2) is 4.98 Å². The minimum absolute atomic E-state index is 0.116. The molecule has 1 aliphatic rings. The van der Waals surface area contributed by atoms with E-state index in [0.717, 1.165) is 43.2 Å². The number of carboxylic acid groups (broad SMARTS) is 1. The molecular weight excluding hydrogens is 368 g/mol.